The molecule has 54 valence electrons. The Hall–Kier alpha value is 0.0300. The molecule has 0 saturated carbocycles. The first kappa shape index (κ1) is 11.8. The van der Waals surface area contributed by atoms with E-state index in [1.807, 2.05) is 0 Å². The number of halogens is 2. The number of hydrogen-bond donors (Lipinski definition) is 1. The summed E-state index contributed by atoms with van der Waals surface area (Å²) in [7, 11) is 0. The Bertz CT molecular complexity index is 93.6. The molecule has 0 amide bonds. The van der Waals surface area contributed by atoms with E-state index in [1.165, 1.54) is 0 Å². The molecule has 1 fully saturated rings. The molecule has 4 heteroatoms. The molecule has 0 aromatic carbocycles. The van der Waals surface area contributed by atoms with Crippen molar-refractivity contribution in [3.05, 3.63) is 0 Å². The van der Waals surface area contributed by atoms with Crippen LogP contribution < -0.4 is 5.32 Å². The van der Waals surface area contributed by atoms with Crippen LogP contribution in [0.5, 0.6) is 0 Å². The van der Waals surface area contributed by atoms with Crippen LogP contribution in [0.2, 0.25) is 0 Å². The van der Waals surface area contributed by atoms with Gasteiger partial charge < -0.3 is 5.32 Å². The van der Waals surface area contributed by atoms with Crippen molar-refractivity contribution in [2.75, 3.05) is 6.54 Å². The Balaban J connectivity index is 0. The van der Waals surface area contributed by atoms with E-state index in [0.29, 0.717) is 0 Å². The molecule has 9 heavy (non-hydrogen) atoms. The smallest absolute Gasteiger partial charge is 0.0953 e. The number of hydrogen-bond acceptors (Lipinski definition) is 2. The maximum absolute atomic E-state index is 8.25. The van der Waals surface area contributed by atoms with Crippen LogP contribution in [0.3, 0.4) is 0 Å². The highest BCUT2D eigenvalue weighted by atomic mass is 35.5. The summed E-state index contributed by atoms with van der Waals surface area (Å²) in [6, 6.07) is 2.31. The van der Waals surface area contributed by atoms with Crippen LogP contribution in [0.25, 0.3) is 0 Å². The van der Waals surface area contributed by atoms with Crippen molar-refractivity contribution in [1.29, 1.82) is 5.26 Å². The first-order valence-electron chi connectivity index (χ1n) is 2.56. The first-order valence-corrected chi connectivity index (χ1v) is 2.56. The second-order valence-corrected chi connectivity index (χ2v) is 1.78. The van der Waals surface area contributed by atoms with Gasteiger partial charge in [0.15, 0.2) is 0 Å². The quantitative estimate of drug-likeness (QED) is 0.589. The van der Waals surface area contributed by atoms with Gasteiger partial charge in [-0.05, 0) is 19.4 Å². The summed E-state index contributed by atoms with van der Waals surface area (Å²) in [6.07, 6.45) is 2.20. The van der Waals surface area contributed by atoms with Gasteiger partial charge in [-0.1, -0.05) is 0 Å². The second-order valence-electron chi connectivity index (χ2n) is 1.78. The van der Waals surface area contributed by atoms with Crippen LogP contribution in [0.1, 0.15) is 12.8 Å². The zero-order chi connectivity index (χ0) is 5.11. The van der Waals surface area contributed by atoms with Gasteiger partial charge in [-0.15, -0.1) is 24.8 Å². The SMILES string of the molecule is Cl.Cl.N#CC1CCCN1. The van der Waals surface area contributed by atoms with Crippen molar-refractivity contribution in [3.8, 4) is 6.07 Å². The fourth-order valence-corrected chi connectivity index (χ4v) is 0.795. The lowest BCUT2D eigenvalue weighted by Gasteiger charge is -1.91. The minimum atomic E-state index is 0. The molecular weight excluding hydrogens is 159 g/mol. The molecule has 1 heterocycles. The van der Waals surface area contributed by atoms with E-state index in [1.54, 1.807) is 0 Å². The van der Waals surface area contributed by atoms with Crippen molar-refractivity contribution < 1.29 is 0 Å². The molecule has 0 aromatic rings. The second kappa shape index (κ2) is 6.15. The molecule has 1 aliphatic heterocycles. The Morgan fingerprint density at radius 3 is 2.33 bits per heavy atom. The van der Waals surface area contributed by atoms with Crippen LogP contribution >= 0.6 is 24.8 Å². The summed E-state index contributed by atoms with van der Waals surface area (Å²) in [5.74, 6) is 0. The topological polar surface area (TPSA) is 35.8 Å². The van der Waals surface area contributed by atoms with Crippen LogP contribution in [-0.2, 0) is 0 Å². The van der Waals surface area contributed by atoms with Crippen molar-refractivity contribution in [3.63, 3.8) is 0 Å². The van der Waals surface area contributed by atoms with E-state index in [-0.39, 0.29) is 30.9 Å². The third-order valence-electron chi connectivity index (χ3n) is 1.22. The molecule has 1 rings (SSSR count). The molecule has 1 N–H and O–H groups in total. The molecule has 0 aliphatic carbocycles. The van der Waals surface area contributed by atoms with Crippen molar-refractivity contribution in [2.24, 2.45) is 0 Å². The summed E-state index contributed by atoms with van der Waals surface area (Å²) in [5.41, 5.74) is 0. The predicted octanol–water partition coefficient (Wildman–Crippen LogP) is 1.11. The molecule has 2 nitrogen and oxygen atoms in total. The maximum atomic E-state index is 8.25. The Morgan fingerprint density at radius 1 is 1.44 bits per heavy atom. The van der Waals surface area contributed by atoms with Crippen molar-refractivity contribution in [1.82, 2.24) is 5.32 Å². The average molecular weight is 169 g/mol. The fourth-order valence-electron chi connectivity index (χ4n) is 0.795. The molecule has 1 aliphatic rings. The standard InChI is InChI=1S/C5H8N2.2ClH/c6-4-5-2-1-3-7-5;;/h5,7H,1-3H2;2*1H. The zero-order valence-corrected chi connectivity index (χ0v) is 6.60. The van der Waals surface area contributed by atoms with Gasteiger partial charge in [-0.3, -0.25) is 0 Å². The van der Waals surface area contributed by atoms with E-state index in [9.17, 15) is 0 Å². The van der Waals surface area contributed by atoms with Gasteiger partial charge in [-0.25, -0.2) is 0 Å². The first-order chi connectivity index (χ1) is 3.43. The minimum Gasteiger partial charge on any atom is -0.302 e. The zero-order valence-electron chi connectivity index (χ0n) is 4.96. The lowest BCUT2D eigenvalue weighted by molar-refractivity contribution is 0.740. The van der Waals surface area contributed by atoms with Crippen LogP contribution in [-0.4, -0.2) is 12.6 Å². The largest absolute Gasteiger partial charge is 0.302 e. The van der Waals surface area contributed by atoms with Gasteiger partial charge in [0.05, 0.1) is 12.1 Å². The van der Waals surface area contributed by atoms with Crippen LogP contribution in [0.15, 0.2) is 0 Å². The van der Waals surface area contributed by atoms with E-state index < -0.39 is 0 Å². The fraction of sp³-hybridized carbons (Fsp3) is 0.800. The maximum Gasteiger partial charge on any atom is 0.0953 e. The summed E-state index contributed by atoms with van der Waals surface area (Å²) < 4.78 is 0. The third kappa shape index (κ3) is 3.58. The van der Waals surface area contributed by atoms with Gasteiger partial charge >= 0.3 is 0 Å². The molecular formula is C5H10Cl2N2. The average Bonchev–Trinajstić information content (AvgIpc) is 2.14. The highest BCUT2D eigenvalue weighted by Gasteiger charge is 2.10. The van der Waals surface area contributed by atoms with E-state index in [4.69, 9.17) is 5.26 Å². The number of rotatable bonds is 0. The Labute approximate surface area is 67.4 Å². The molecule has 0 bridgehead atoms. The molecule has 0 spiro atoms. The summed E-state index contributed by atoms with van der Waals surface area (Å²) in [4.78, 5) is 0. The monoisotopic (exact) mass is 168 g/mol. The van der Waals surface area contributed by atoms with E-state index in [0.717, 1.165) is 19.4 Å². The van der Waals surface area contributed by atoms with E-state index >= 15 is 0 Å². The highest BCUT2D eigenvalue weighted by Crippen LogP contribution is 2.01. The van der Waals surface area contributed by atoms with Crippen molar-refractivity contribution in [2.45, 2.75) is 18.9 Å². The summed E-state index contributed by atoms with van der Waals surface area (Å²) >= 11 is 0. The Morgan fingerprint density at radius 2 is 2.11 bits per heavy atom. The van der Waals surface area contributed by atoms with Gasteiger partial charge in [-0.2, -0.15) is 5.26 Å². The van der Waals surface area contributed by atoms with Crippen LogP contribution in [0.4, 0.5) is 0 Å². The summed E-state index contributed by atoms with van der Waals surface area (Å²) in [6.45, 7) is 1.03. The lowest BCUT2D eigenvalue weighted by Crippen LogP contribution is -2.18. The van der Waals surface area contributed by atoms with E-state index in [2.05, 4.69) is 11.4 Å². The molecule has 0 radical (unpaired) electrons. The summed E-state index contributed by atoms with van der Waals surface area (Å²) in [5, 5.41) is 11.3. The van der Waals surface area contributed by atoms with Crippen molar-refractivity contribution >= 4 is 24.8 Å². The number of nitriles is 1. The minimum absolute atomic E-state index is 0. The third-order valence-corrected chi connectivity index (χ3v) is 1.22. The number of nitrogens with zero attached hydrogens (tertiary/aromatic N) is 1. The normalized spacial score (nSPS) is 23.2. The predicted molar refractivity (Wildman–Crippen MR) is 41.1 cm³/mol. The van der Waals surface area contributed by atoms with Gasteiger partial charge in [0, 0.05) is 0 Å². The molecule has 1 atom stereocenters. The van der Waals surface area contributed by atoms with Gasteiger partial charge in [0.1, 0.15) is 0 Å². The molecule has 1 saturated heterocycles. The lowest BCUT2D eigenvalue weighted by atomic mass is 10.2. The molecule has 0 aromatic heterocycles. The van der Waals surface area contributed by atoms with Crippen LogP contribution in [0, 0.1) is 11.3 Å². The molecule has 1 unspecified atom stereocenters. The van der Waals surface area contributed by atoms with Gasteiger partial charge in [0.25, 0.3) is 0 Å². The number of nitrogens with one attached hydrogen (secondary N) is 1. The highest BCUT2D eigenvalue weighted by molar-refractivity contribution is 5.85. The Kier molecular flexibility index (Phi) is 8.06. The van der Waals surface area contributed by atoms with Gasteiger partial charge in [0.2, 0.25) is 0 Å².